The first kappa shape index (κ1) is 10.7. The molecule has 1 aliphatic rings. The van der Waals surface area contributed by atoms with Gasteiger partial charge in [-0.05, 0) is 18.6 Å². The van der Waals surface area contributed by atoms with E-state index in [1.807, 2.05) is 24.1 Å². The van der Waals surface area contributed by atoms with Gasteiger partial charge in [0.25, 0.3) is 0 Å². The Morgan fingerprint density at radius 1 is 1.62 bits per heavy atom. The number of nitrogen functional groups attached to an aromatic ring is 1. The number of nitrogens with zero attached hydrogens (tertiary/aromatic N) is 3. The molecule has 1 fully saturated rings. The lowest BCUT2D eigenvalue weighted by atomic mass is 10.2. The summed E-state index contributed by atoms with van der Waals surface area (Å²) in [7, 11) is 1.96. The molecule has 0 amide bonds. The van der Waals surface area contributed by atoms with Crippen molar-refractivity contribution in [2.75, 3.05) is 30.9 Å². The number of rotatable bonds is 2. The molecule has 16 heavy (non-hydrogen) atoms. The van der Waals surface area contributed by atoms with Crippen LogP contribution in [0.3, 0.4) is 0 Å². The zero-order chi connectivity index (χ0) is 11.5. The van der Waals surface area contributed by atoms with E-state index in [-0.39, 0.29) is 5.69 Å². The maximum atomic E-state index is 8.85. The summed E-state index contributed by atoms with van der Waals surface area (Å²) < 4.78 is 5.32. The van der Waals surface area contributed by atoms with Crippen LogP contribution < -0.4 is 10.6 Å². The van der Waals surface area contributed by atoms with Gasteiger partial charge in [0, 0.05) is 13.7 Å². The minimum atomic E-state index is 0.281. The number of hydrogen-bond acceptors (Lipinski definition) is 5. The lowest BCUT2D eigenvalue weighted by molar-refractivity contribution is 0.193. The minimum Gasteiger partial charge on any atom is -0.396 e. The highest BCUT2D eigenvalue weighted by Gasteiger charge is 2.21. The lowest BCUT2D eigenvalue weighted by Crippen LogP contribution is -2.32. The summed E-state index contributed by atoms with van der Waals surface area (Å²) >= 11 is 0. The van der Waals surface area contributed by atoms with E-state index in [0.29, 0.717) is 18.3 Å². The van der Waals surface area contributed by atoms with Crippen molar-refractivity contribution in [1.29, 1.82) is 5.26 Å². The molecular weight excluding hydrogens is 204 g/mol. The third-order valence-corrected chi connectivity index (χ3v) is 2.83. The van der Waals surface area contributed by atoms with Crippen LogP contribution in [-0.2, 0) is 4.74 Å². The Morgan fingerprint density at radius 2 is 2.44 bits per heavy atom. The van der Waals surface area contributed by atoms with Crippen LogP contribution in [0.15, 0.2) is 12.1 Å². The van der Waals surface area contributed by atoms with Crippen molar-refractivity contribution in [3.8, 4) is 6.07 Å². The molecule has 0 spiro atoms. The van der Waals surface area contributed by atoms with E-state index < -0.39 is 0 Å². The molecule has 0 aliphatic carbocycles. The highest BCUT2D eigenvalue weighted by atomic mass is 16.5. The largest absolute Gasteiger partial charge is 0.396 e. The Bertz CT molecular complexity index is 420. The predicted octanol–water partition coefficient (Wildman–Crippen LogP) is 0.761. The van der Waals surface area contributed by atoms with Gasteiger partial charge in [0.05, 0.1) is 18.3 Å². The topological polar surface area (TPSA) is 75.2 Å². The van der Waals surface area contributed by atoms with Gasteiger partial charge in [0.15, 0.2) is 5.69 Å². The van der Waals surface area contributed by atoms with E-state index >= 15 is 0 Å². The zero-order valence-corrected chi connectivity index (χ0v) is 9.18. The molecule has 1 saturated heterocycles. The van der Waals surface area contributed by atoms with Gasteiger partial charge in [-0.1, -0.05) is 0 Å². The standard InChI is InChI=1S/C11H14N4O/c1-15(8-4-5-16-7-8)11-3-2-9(13)10(6-12)14-11/h2-3,8H,4-5,7,13H2,1H3. The second kappa shape index (κ2) is 4.37. The minimum absolute atomic E-state index is 0.281. The SMILES string of the molecule is CN(c1ccc(N)c(C#N)n1)C1CCOC1. The normalized spacial score (nSPS) is 19.4. The molecule has 1 atom stereocenters. The van der Waals surface area contributed by atoms with Crippen LogP contribution >= 0.6 is 0 Å². The van der Waals surface area contributed by atoms with Crippen molar-refractivity contribution < 1.29 is 4.74 Å². The molecule has 1 unspecified atom stereocenters. The summed E-state index contributed by atoms with van der Waals surface area (Å²) in [6.45, 7) is 1.50. The Balaban J connectivity index is 2.23. The molecule has 1 aromatic rings. The highest BCUT2D eigenvalue weighted by Crippen LogP contribution is 2.20. The average molecular weight is 218 g/mol. The second-order valence-electron chi connectivity index (χ2n) is 3.85. The summed E-state index contributed by atoms with van der Waals surface area (Å²) in [4.78, 5) is 6.25. The lowest BCUT2D eigenvalue weighted by Gasteiger charge is -2.24. The molecule has 0 aromatic carbocycles. The number of anilines is 2. The quantitative estimate of drug-likeness (QED) is 0.793. The van der Waals surface area contributed by atoms with Crippen molar-refractivity contribution in [3.05, 3.63) is 17.8 Å². The predicted molar refractivity (Wildman–Crippen MR) is 61.0 cm³/mol. The fourth-order valence-corrected chi connectivity index (χ4v) is 1.76. The summed E-state index contributed by atoms with van der Waals surface area (Å²) in [6.07, 6.45) is 0.991. The number of likely N-dealkylation sites (N-methyl/N-ethyl adjacent to an activating group) is 1. The van der Waals surface area contributed by atoms with Crippen LogP contribution in [0.4, 0.5) is 11.5 Å². The van der Waals surface area contributed by atoms with Crippen molar-refractivity contribution in [2.24, 2.45) is 0 Å². The third kappa shape index (κ3) is 1.92. The van der Waals surface area contributed by atoms with E-state index in [4.69, 9.17) is 15.7 Å². The van der Waals surface area contributed by atoms with Gasteiger partial charge in [-0.25, -0.2) is 4.98 Å². The number of aromatic nitrogens is 1. The second-order valence-corrected chi connectivity index (χ2v) is 3.85. The Hall–Kier alpha value is -1.80. The first-order valence-electron chi connectivity index (χ1n) is 5.19. The van der Waals surface area contributed by atoms with Crippen molar-refractivity contribution in [3.63, 3.8) is 0 Å². The highest BCUT2D eigenvalue weighted by molar-refractivity contribution is 5.55. The van der Waals surface area contributed by atoms with E-state index in [1.165, 1.54) is 0 Å². The molecule has 5 heteroatoms. The van der Waals surface area contributed by atoms with Crippen LogP contribution in [0.1, 0.15) is 12.1 Å². The van der Waals surface area contributed by atoms with Gasteiger partial charge < -0.3 is 15.4 Å². The molecule has 2 rings (SSSR count). The molecule has 1 aliphatic heterocycles. The Kier molecular flexibility index (Phi) is 2.93. The van der Waals surface area contributed by atoms with Crippen LogP contribution in [0.25, 0.3) is 0 Å². The van der Waals surface area contributed by atoms with E-state index in [1.54, 1.807) is 6.07 Å². The third-order valence-electron chi connectivity index (χ3n) is 2.83. The molecule has 0 bridgehead atoms. The van der Waals surface area contributed by atoms with Crippen LogP contribution in [0, 0.1) is 11.3 Å². The number of hydrogen-bond donors (Lipinski definition) is 1. The van der Waals surface area contributed by atoms with Gasteiger partial charge >= 0.3 is 0 Å². The number of nitrogens with two attached hydrogens (primary N) is 1. The van der Waals surface area contributed by atoms with Gasteiger partial charge in [-0.3, -0.25) is 0 Å². The summed E-state index contributed by atoms with van der Waals surface area (Å²) in [6, 6.07) is 5.87. The van der Waals surface area contributed by atoms with Crippen molar-refractivity contribution in [1.82, 2.24) is 4.98 Å². The van der Waals surface area contributed by atoms with E-state index in [9.17, 15) is 0 Å². The first-order valence-corrected chi connectivity index (χ1v) is 5.19. The summed E-state index contributed by atoms with van der Waals surface area (Å²) in [5.41, 5.74) is 6.32. The van der Waals surface area contributed by atoms with Gasteiger partial charge in [0.1, 0.15) is 11.9 Å². The van der Waals surface area contributed by atoms with Crippen LogP contribution in [0.5, 0.6) is 0 Å². The maximum absolute atomic E-state index is 8.85. The first-order chi connectivity index (χ1) is 7.72. The fraction of sp³-hybridized carbons (Fsp3) is 0.455. The smallest absolute Gasteiger partial charge is 0.165 e. The summed E-state index contributed by atoms with van der Waals surface area (Å²) in [5, 5.41) is 8.85. The van der Waals surface area contributed by atoms with Crippen molar-refractivity contribution >= 4 is 11.5 Å². The molecule has 0 radical (unpaired) electrons. The molecule has 2 heterocycles. The van der Waals surface area contributed by atoms with E-state index in [0.717, 1.165) is 18.8 Å². The van der Waals surface area contributed by atoms with Gasteiger partial charge in [0.2, 0.25) is 0 Å². The van der Waals surface area contributed by atoms with Gasteiger partial charge in [-0.15, -0.1) is 0 Å². The Labute approximate surface area is 94.4 Å². The molecule has 0 saturated carbocycles. The zero-order valence-electron chi connectivity index (χ0n) is 9.18. The number of ether oxygens (including phenoxy) is 1. The van der Waals surface area contributed by atoms with Crippen LogP contribution in [-0.4, -0.2) is 31.3 Å². The Morgan fingerprint density at radius 3 is 3.06 bits per heavy atom. The summed E-state index contributed by atoms with van der Waals surface area (Å²) in [5.74, 6) is 0.765. The number of nitriles is 1. The van der Waals surface area contributed by atoms with Crippen molar-refractivity contribution in [2.45, 2.75) is 12.5 Å². The number of pyridine rings is 1. The average Bonchev–Trinajstić information content (AvgIpc) is 2.82. The fourth-order valence-electron chi connectivity index (χ4n) is 1.76. The van der Waals surface area contributed by atoms with E-state index in [2.05, 4.69) is 4.98 Å². The molecular formula is C11H14N4O. The van der Waals surface area contributed by atoms with Crippen LogP contribution in [0.2, 0.25) is 0 Å². The molecule has 1 aromatic heterocycles. The maximum Gasteiger partial charge on any atom is 0.165 e. The molecule has 2 N–H and O–H groups in total. The molecule has 5 nitrogen and oxygen atoms in total. The van der Waals surface area contributed by atoms with Gasteiger partial charge in [-0.2, -0.15) is 5.26 Å². The monoisotopic (exact) mass is 218 g/mol. The molecule has 84 valence electrons.